The van der Waals surface area contributed by atoms with Gasteiger partial charge >= 0.3 is 5.97 Å². The van der Waals surface area contributed by atoms with Gasteiger partial charge in [-0.3, -0.25) is 14.4 Å². The number of amides is 2. The Morgan fingerprint density at radius 3 is 2.44 bits per heavy atom. The van der Waals surface area contributed by atoms with E-state index in [1.807, 2.05) is 6.26 Å². The summed E-state index contributed by atoms with van der Waals surface area (Å²) in [7, 11) is 0. The number of hydrogen-bond donors (Lipinski definition) is 4. The molecule has 7 nitrogen and oxygen atoms in total. The van der Waals surface area contributed by atoms with Gasteiger partial charge in [0.2, 0.25) is 11.8 Å². The minimum atomic E-state index is -1.14. The highest BCUT2D eigenvalue weighted by Crippen LogP contribution is 1.99. The number of aliphatic carboxylic acids is 1. The second kappa shape index (κ2) is 8.76. The first kappa shape index (κ1) is 16.7. The van der Waals surface area contributed by atoms with Crippen LogP contribution in [-0.4, -0.2) is 53.5 Å². The predicted molar refractivity (Wildman–Crippen MR) is 69.2 cm³/mol. The number of nitrogens with one attached hydrogen (secondary N) is 2. The Kier molecular flexibility index (Phi) is 8.14. The summed E-state index contributed by atoms with van der Waals surface area (Å²) in [6, 6.07) is -1.47. The van der Waals surface area contributed by atoms with Crippen LogP contribution >= 0.6 is 11.8 Å². The molecule has 0 heterocycles. The first-order chi connectivity index (χ1) is 8.38. The smallest absolute Gasteiger partial charge is 0.322 e. The van der Waals surface area contributed by atoms with Crippen molar-refractivity contribution in [3.8, 4) is 0 Å². The quantitative estimate of drug-likeness (QED) is 0.441. The third-order valence-electron chi connectivity index (χ3n) is 2.14. The van der Waals surface area contributed by atoms with E-state index in [0.29, 0.717) is 6.42 Å². The van der Waals surface area contributed by atoms with E-state index in [4.69, 9.17) is 10.8 Å². The average Bonchev–Trinajstić information content (AvgIpc) is 2.32. The molecule has 0 aliphatic rings. The van der Waals surface area contributed by atoms with Crippen LogP contribution in [0.2, 0.25) is 0 Å². The summed E-state index contributed by atoms with van der Waals surface area (Å²) in [4.78, 5) is 33.2. The van der Waals surface area contributed by atoms with Crippen molar-refractivity contribution in [2.75, 3.05) is 18.6 Å². The van der Waals surface area contributed by atoms with Crippen molar-refractivity contribution in [2.45, 2.75) is 25.4 Å². The fourth-order valence-electron chi connectivity index (χ4n) is 1.08. The lowest BCUT2D eigenvalue weighted by Crippen LogP contribution is -2.51. The third kappa shape index (κ3) is 7.13. The van der Waals surface area contributed by atoms with Crippen LogP contribution in [0.4, 0.5) is 0 Å². The third-order valence-corrected chi connectivity index (χ3v) is 2.78. The van der Waals surface area contributed by atoms with Crippen LogP contribution in [0, 0.1) is 0 Å². The molecule has 0 saturated carbocycles. The van der Waals surface area contributed by atoms with Crippen LogP contribution in [0.25, 0.3) is 0 Å². The summed E-state index contributed by atoms with van der Waals surface area (Å²) in [6.45, 7) is 0.994. The van der Waals surface area contributed by atoms with Crippen LogP contribution < -0.4 is 16.4 Å². The Morgan fingerprint density at radius 2 is 1.94 bits per heavy atom. The van der Waals surface area contributed by atoms with Crippen LogP contribution in [0.5, 0.6) is 0 Å². The highest BCUT2D eigenvalue weighted by molar-refractivity contribution is 7.98. The fourth-order valence-corrected chi connectivity index (χ4v) is 1.57. The van der Waals surface area contributed by atoms with Crippen molar-refractivity contribution in [2.24, 2.45) is 5.73 Å². The molecule has 2 atom stereocenters. The second-order valence-electron chi connectivity index (χ2n) is 3.73. The molecule has 5 N–H and O–H groups in total. The minimum Gasteiger partial charge on any atom is -0.480 e. The van der Waals surface area contributed by atoms with Gasteiger partial charge in [-0.1, -0.05) is 0 Å². The molecule has 0 rings (SSSR count). The molecule has 2 amide bonds. The molecule has 104 valence electrons. The molecule has 0 aromatic rings. The maximum atomic E-state index is 11.6. The molecule has 0 unspecified atom stereocenters. The van der Waals surface area contributed by atoms with Gasteiger partial charge in [-0.25, -0.2) is 0 Å². The van der Waals surface area contributed by atoms with Gasteiger partial charge in [0.25, 0.3) is 0 Å². The Labute approximate surface area is 110 Å². The van der Waals surface area contributed by atoms with Gasteiger partial charge in [0.15, 0.2) is 0 Å². The monoisotopic (exact) mass is 277 g/mol. The van der Waals surface area contributed by atoms with E-state index in [0.717, 1.165) is 5.75 Å². The minimum absolute atomic E-state index is 0.415. The van der Waals surface area contributed by atoms with Crippen molar-refractivity contribution in [3.63, 3.8) is 0 Å². The normalized spacial score (nSPS) is 13.5. The molecule has 0 fully saturated rings. The standard InChI is InChI=1S/C10H19N3O4S/c1-6(9(16)12-5-8(14)15)13-10(17)7(11)3-4-18-2/h6-7H,3-5,11H2,1-2H3,(H,12,16)(H,13,17)(H,14,15)/t6-,7-/m0/s1. The van der Waals surface area contributed by atoms with Gasteiger partial charge in [-0.2, -0.15) is 11.8 Å². The maximum Gasteiger partial charge on any atom is 0.322 e. The zero-order valence-electron chi connectivity index (χ0n) is 10.4. The van der Waals surface area contributed by atoms with E-state index in [2.05, 4.69) is 10.6 Å². The van der Waals surface area contributed by atoms with Crippen molar-refractivity contribution in [1.82, 2.24) is 10.6 Å². The summed E-state index contributed by atoms with van der Waals surface area (Å²) in [5.41, 5.74) is 5.62. The molecule has 0 saturated heterocycles. The van der Waals surface area contributed by atoms with Crippen LogP contribution in [0.3, 0.4) is 0 Å². The maximum absolute atomic E-state index is 11.6. The number of thioether (sulfide) groups is 1. The predicted octanol–water partition coefficient (Wildman–Crippen LogP) is -1.23. The molecule has 0 radical (unpaired) electrons. The van der Waals surface area contributed by atoms with E-state index in [1.165, 1.54) is 6.92 Å². The van der Waals surface area contributed by atoms with Gasteiger partial charge in [0.1, 0.15) is 12.6 Å². The number of nitrogens with two attached hydrogens (primary N) is 1. The van der Waals surface area contributed by atoms with Gasteiger partial charge in [-0.15, -0.1) is 0 Å². The van der Waals surface area contributed by atoms with Crippen molar-refractivity contribution < 1.29 is 19.5 Å². The zero-order valence-corrected chi connectivity index (χ0v) is 11.3. The van der Waals surface area contributed by atoms with E-state index in [9.17, 15) is 14.4 Å². The topological polar surface area (TPSA) is 122 Å². The van der Waals surface area contributed by atoms with Gasteiger partial charge in [-0.05, 0) is 25.4 Å². The first-order valence-electron chi connectivity index (χ1n) is 5.42. The number of hydrogen-bond acceptors (Lipinski definition) is 5. The number of carboxylic acid groups (broad SMARTS) is 1. The molecule has 0 aliphatic carbocycles. The van der Waals surface area contributed by atoms with E-state index in [1.54, 1.807) is 11.8 Å². The number of carbonyl (C=O) groups is 3. The lowest BCUT2D eigenvalue weighted by Gasteiger charge is -2.16. The Balaban J connectivity index is 4.05. The van der Waals surface area contributed by atoms with E-state index >= 15 is 0 Å². The molecule has 8 heteroatoms. The van der Waals surface area contributed by atoms with E-state index in [-0.39, 0.29) is 0 Å². The highest BCUT2D eigenvalue weighted by Gasteiger charge is 2.19. The Hall–Kier alpha value is -1.28. The second-order valence-corrected chi connectivity index (χ2v) is 4.72. The van der Waals surface area contributed by atoms with Gasteiger partial charge in [0, 0.05) is 0 Å². The van der Waals surface area contributed by atoms with Crippen LogP contribution in [-0.2, 0) is 14.4 Å². The largest absolute Gasteiger partial charge is 0.480 e. The number of rotatable bonds is 8. The van der Waals surface area contributed by atoms with Crippen molar-refractivity contribution in [1.29, 1.82) is 0 Å². The Bertz CT molecular complexity index is 311. The number of carboxylic acids is 1. The summed E-state index contributed by atoms with van der Waals surface area (Å²) in [5, 5.41) is 13.0. The molecule has 0 aromatic carbocycles. The Morgan fingerprint density at radius 1 is 1.33 bits per heavy atom. The highest BCUT2D eigenvalue weighted by atomic mass is 32.2. The van der Waals surface area contributed by atoms with E-state index < -0.39 is 36.4 Å². The lowest BCUT2D eigenvalue weighted by atomic mass is 10.2. The fraction of sp³-hybridized carbons (Fsp3) is 0.700. The molecule has 0 spiro atoms. The molecule has 0 aliphatic heterocycles. The summed E-state index contributed by atoms with van der Waals surface area (Å²) in [6.07, 6.45) is 2.43. The number of carbonyl (C=O) groups excluding carboxylic acids is 2. The summed E-state index contributed by atoms with van der Waals surface area (Å²) >= 11 is 1.58. The molecule has 18 heavy (non-hydrogen) atoms. The van der Waals surface area contributed by atoms with Crippen LogP contribution in [0.1, 0.15) is 13.3 Å². The molecule has 0 bridgehead atoms. The average molecular weight is 277 g/mol. The van der Waals surface area contributed by atoms with Gasteiger partial charge in [0.05, 0.1) is 6.04 Å². The molecular weight excluding hydrogens is 258 g/mol. The van der Waals surface area contributed by atoms with Gasteiger partial charge < -0.3 is 21.5 Å². The van der Waals surface area contributed by atoms with Crippen LogP contribution in [0.15, 0.2) is 0 Å². The summed E-state index contributed by atoms with van der Waals surface area (Å²) < 4.78 is 0. The van der Waals surface area contributed by atoms with Crippen molar-refractivity contribution >= 4 is 29.5 Å². The lowest BCUT2D eigenvalue weighted by molar-refractivity contribution is -0.138. The zero-order chi connectivity index (χ0) is 14.1. The van der Waals surface area contributed by atoms with Crippen molar-refractivity contribution in [3.05, 3.63) is 0 Å². The molecular formula is C10H19N3O4S. The summed E-state index contributed by atoms with van der Waals surface area (Å²) in [5.74, 6) is -1.35. The molecule has 0 aromatic heterocycles. The SMILES string of the molecule is CSCC[C@H](N)C(=O)N[C@@H](C)C(=O)NCC(=O)O. The first-order valence-corrected chi connectivity index (χ1v) is 6.82.